The van der Waals surface area contributed by atoms with E-state index in [1.54, 1.807) is 12.1 Å². The maximum Gasteiger partial charge on any atom is 0.123 e. The Kier molecular flexibility index (Phi) is 4.22. The topological polar surface area (TPSA) is 22.0 Å². The molecule has 2 nitrogen and oxygen atoms in total. The van der Waals surface area contributed by atoms with Crippen molar-refractivity contribution in [1.82, 2.24) is 4.57 Å². The Bertz CT molecular complexity index is 857. The minimum atomic E-state index is -0.262. The number of rotatable bonds is 4. The number of allylic oxidation sites excluding steroid dienone is 1. The first-order chi connectivity index (χ1) is 11.2. The summed E-state index contributed by atoms with van der Waals surface area (Å²) in [7, 11) is 0. The normalized spacial score (nSPS) is 10.3. The van der Waals surface area contributed by atoms with Gasteiger partial charge >= 0.3 is 0 Å². The number of benzene rings is 2. The van der Waals surface area contributed by atoms with Gasteiger partial charge in [0.2, 0.25) is 0 Å². The molecule has 3 aromatic rings. The summed E-state index contributed by atoms with van der Waals surface area (Å²) in [6.45, 7) is 2.02. The summed E-state index contributed by atoms with van der Waals surface area (Å²) in [5, 5.41) is 0. The van der Waals surface area contributed by atoms with Crippen LogP contribution >= 0.6 is 0 Å². The van der Waals surface area contributed by atoms with Crippen molar-refractivity contribution in [3.63, 3.8) is 0 Å². The number of para-hydroxylation sites is 1. The molecule has 1 heterocycles. The molecule has 0 spiro atoms. The molecule has 0 fully saturated rings. The number of aromatic nitrogens is 1. The average molecular weight is 305 g/mol. The van der Waals surface area contributed by atoms with E-state index < -0.39 is 0 Å². The smallest absolute Gasteiger partial charge is 0.123 e. The summed E-state index contributed by atoms with van der Waals surface area (Å²) in [5.74, 6) is 1.57. The van der Waals surface area contributed by atoms with Crippen LogP contribution in [0.3, 0.4) is 0 Å². The average Bonchev–Trinajstić information content (AvgIpc) is 2.91. The van der Waals surface area contributed by atoms with Crippen molar-refractivity contribution in [2.45, 2.75) is 13.3 Å². The Morgan fingerprint density at radius 1 is 1.09 bits per heavy atom. The lowest BCUT2D eigenvalue weighted by Crippen LogP contribution is -1.95. The van der Waals surface area contributed by atoms with Crippen LogP contribution in [0.5, 0.6) is 0 Å². The molecule has 3 rings (SSSR count). The minimum Gasteiger partial charge on any atom is -0.320 e. The van der Waals surface area contributed by atoms with Crippen LogP contribution in [0.4, 0.5) is 4.39 Å². The van der Waals surface area contributed by atoms with Crippen molar-refractivity contribution in [2.24, 2.45) is 0 Å². The molecule has 0 aliphatic carbocycles. The fourth-order valence-electron chi connectivity index (χ4n) is 2.78. The van der Waals surface area contributed by atoms with Gasteiger partial charge in [0.05, 0.1) is 0 Å². The summed E-state index contributed by atoms with van der Waals surface area (Å²) in [6, 6.07) is 16.4. The molecule has 23 heavy (non-hydrogen) atoms. The Labute approximate surface area is 134 Å². The molecule has 0 unspecified atom stereocenters. The number of nitrogens with zero attached hydrogens (tertiary/aromatic N) is 1. The third-order valence-corrected chi connectivity index (χ3v) is 3.96. The largest absolute Gasteiger partial charge is 0.320 e. The number of halogens is 1. The first-order valence-corrected chi connectivity index (χ1v) is 7.42. The highest BCUT2D eigenvalue weighted by atomic mass is 19.1. The molecule has 0 aliphatic rings. The van der Waals surface area contributed by atoms with E-state index in [4.69, 9.17) is 0 Å². The maximum atomic E-state index is 13.2. The van der Waals surface area contributed by atoms with Crippen LogP contribution in [0.25, 0.3) is 16.8 Å². The Balaban J connectivity index is 2.17. The van der Waals surface area contributed by atoms with Gasteiger partial charge in [-0.1, -0.05) is 30.3 Å². The second kappa shape index (κ2) is 6.47. The first kappa shape index (κ1) is 15.0. The maximum absolute atomic E-state index is 13.2. The lowest BCUT2D eigenvalue weighted by Gasteiger charge is -2.06. The van der Waals surface area contributed by atoms with E-state index in [9.17, 15) is 9.18 Å². The summed E-state index contributed by atoms with van der Waals surface area (Å²) in [6.07, 6.45) is 4.01. The second-order valence-electron chi connectivity index (χ2n) is 5.35. The molecule has 0 saturated carbocycles. The molecule has 0 bridgehead atoms. The van der Waals surface area contributed by atoms with Crippen LogP contribution in [0.15, 0.2) is 66.9 Å². The molecule has 114 valence electrons. The number of hydrogen-bond donors (Lipinski definition) is 0. The first-order valence-electron chi connectivity index (χ1n) is 7.42. The SMILES string of the molecule is Cc1c(CC=C=O)c(-c2ccc(F)cc2)cn1-c1ccccc1. The van der Waals surface area contributed by atoms with Gasteiger partial charge in [0.25, 0.3) is 0 Å². The van der Waals surface area contributed by atoms with E-state index in [2.05, 4.69) is 4.57 Å². The second-order valence-corrected chi connectivity index (χ2v) is 5.35. The highest BCUT2D eigenvalue weighted by molar-refractivity contribution is 5.70. The predicted molar refractivity (Wildman–Crippen MR) is 89.9 cm³/mol. The molecular weight excluding hydrogens is 289 g/mol. The molecule has 3 heteroatoms. The van der Waals surface area contributed by atoms with E-state index in [0.717, 1.165) is 28.1 Å². The fourth-order valence-corrected chi connectivity index (χ4v) is 2.78. The highest BCUT2D eigenvalue weighted by Gasteiger charge is 2.14. The van der Waals surface area contributed by atoms with Crippen molar-refractivity contribution in [3.05, 3.63) is 83.9 Å². The Morgan fingerprint density at radius 3 is 2.43 bits per heavy atom. The van der Waals surface area contributed by atoms with Crippen molar-refractivity contribution in [3.8, 4) is 16.8 Å². The van der Waals surface area contributed by atoms with Crippen molar-refractivity contribution < 1.29 is 9.18 Å². The van der Waals surface area contributed by atoms with Gasteiger partial charge in [-0.3, -0.25) is 0 Å². The van der Waals surface area contributed by atoms with Gasteiger partial charge in [-0.15, -0.1) is 0 Å². The van der Waals surface area contributed by atoms with Crippen LogP contribution in [-0.2, 0) is 11.2 Å². The fraction of sp³-hybridized carbons (Fsp3) is 0.100. The van der Waals surface area contributed by atoms with Crippen molar-refractivity contribution >= 4 is 5.94 Å². The molecule has 0 N–H and O–H groups in total. The number of hydrogen-bond acceptors (Lipinski definition) is 1. The van der Waals surface area contributed by atoms with Crippen LogP contribution in [0.1, 0.15) is 11.3 Å². The molecule has 0 aliphatic heterocycles. The monoisotopic (exact) mass is 305 g/mol. The van der Waals surface area contributed by atoms with E-state index in [1.807, 2.05) is 49.4 Å². The predicted octanol–water partition coefficient (Wildman–Crippen LogP) is 4.52. The molecule has 0 amide bonds. The van der Waals surface area contributed by atoms with Gasteiger partial charge in [-0.2, -0.15) is 0 Å². The minimum absolute atomic E-state index is 0.262. The van der Waals surface area contributed by atoms with E-state index in [-0.39, 0.29) is 5.82 Å². The molecule has 1 aromatic heterocycles. The molecule has 0 radical (unpaired) electrons. The van der Waals surface area contributed by atoms with Crippen molar-refractivity contribution in [2.75, 3.05) is 0 Å². The van der Waals surface area contributed by atoms with Gasteiger partial charge in [-0.05, 0) is 42.3 Å². The van der Waals surface area contributed by atoms with Crippen LogP contribution in [-0.4, -0.2) is 10.5 Å². The Morgan fingerprint density at radius 2 is 1.78 bits per heavy atom. The van der Waals surface area contributed by atoms with Crippen LogP contribution < -0.4 is 0 Å². The molecule has 0 atom stereocenters. The summed E-state index contributed by atoms with van der Waals surface area (Å²) in [5.41, 5.74) is 5.08. The van der Waals surface area contributed by atoms with Gasteiger partial charge in [0.15, 0.2) is 0 Å². The van der Waals surface area contributed by atoms with Gasteiger partial charge in [-0.25, -0.2) is 9.18 Å². The molecule has 0 saturated heterocycles. The molecular formula is C20H16FNO. The summed E-state index contributed by atoms with van der Waals surface area (Å²) in [4.78, 5) is 10.6. The lowest BCUT2D eigenvalue weighted by molar-refractivity contribution is 0.568. The third-order valence-electron chi connectivity index (χ3n) is 3.96. The van der Waals surface area contributed by atoms with E-state index in [0.29, 0.717) is 6.42 Å². The van der Waals surface area contributed by atoms with Gasteiger partial charge < -0.3 is 4.57 Å². The van der Waals surface area contributed by atoms with Gasteiger partial charge in [0, 0.05) is 35.6 Å². The van der Waals surface area contributed by atoms with Crippen molar-refractivity contribution in [1.29, 1.82) is 0 Å². The lowest BCUT2D eigenvalue weighted by atomic mass is 10.0. The zero-order valence-corrected chi connectivity index (χ0v) is 12.8. The highest BCUT2D eigenvalue weighted by Crippen LogP contribution is 2.30. The molecule has 2 aromatic carbocycles. The third kappa shape index (κ3) is 3.01. The number of carbonyl (C=O) groups excluding carboxylic acids is 1. The quantitative estimate of drug-likeness (QED) is 0.649. The Hall–Kier alpha value is -2.90. The van der Waals surface area contributed by atoms with Crippen LogP contribution in [0.2, 0.25) is 0 Å². The van der Waals surface area contributed by atoms with Gasteiger partial charge in [0.1, 0.15) is 11.8 Å². The zero-order chi connectivity index (χ0) is 16.2. The summed E-state index contributed by atoms with van der Waals surface area (Å²) >= 11 is 0. The summed E-state index contributed by atoms with van der Waals surface area (Å²) < 4.78 is 15.3. The van der Waals surface area contributed by atoms with Crippen LogP contribution in [0, 0.1) is 12.7 Å². The standard InChI is InChI=1S/C20H16FNO/c1-15-19(8-5-13-23)20(16-9-11-17(21)12-10-16)14-22(15)18-6-3-2-4-7-18/h2-7,9-12,14H,8H2,1H3. The van der Waals surface area contributed by atoms with E-state index in [1.165, 1.54) is 18.2 Å². The zero-order valence-electron chi connectivity index (χ0n) is 12.8. The van der Waals surface area contributed by atoms with E-state index >= 15 is 0 Å².